The maximum absolute atomic E-state index is 13.1. The molecule has 39 heavy (non-hydrogen) atoms. The molecule has 0 aliphatic carbocycles. The van der Waals surface area contributed by atoms with Crippen LogP contribution in [-0.4, -0.2) is 61.4 Å². The number of rotatable bonds is 8. The standard InChI is InChI=1S/C26H25F3N8O2/c1-35(11-12-39-3)23-18(5-4-10-30-23)21-31-13-19-24(34-21)37(25(38)32-19)14-16-6-8-17(9-7-16)22-33-20(15-36(22)2)26(27,28)29/h4-10,13,15H,11-12,14H2,1-3H3,(H,32,38). The lowest BCUT2D eigenvalue weighted by molar-refractivity contribution is -0.140. The number of likely N-dealkylation sites (N-methyl/N-ethyl adjacent to an activating group) is 1. The molecule has 0 unspecified atom stereocenters. The van der Waals surface area contributed by atoms with Gasteiger partial charge in [0.1, 0.15) is 17.2 Å². The Balaban J connectivity index is 1.45. The van der Waals surface area contributed by atoms with Crippen LogP contribution >= 0.6 is 0 Å². The third-order valence-electron chi connectivity index (χ3n) is 6.25. The molecule has 1 N–H and O–H groups in total. The van der Waals surface area contributed by atoms with Gasteiger partial charge in [-0.05, 0) is 17.7 Å². The van der Waals surface area contributed by atoms with Crippen LogP contribution in [0.2, 0.25) is 0 Å². The van der Waals surface area contributed by atoms with E-state index in [2.05, 4.69) is 19.9 Å². The number of nitrogens with zero attached hydrogens (tertiary/aromatic N) is 7. The molecule has 202 valence electrons. The molecular weight excluding hydrogens is 513 g/mol. The maximum Gasteiger partial charge on any atom is 0.434 e. The van der Waals surface area contributed by atoms with Gasteiger partial charge in [-0.15, -0.1) is 0 Å². The normalized spacial score (nSPS) is 11.8. The summed E-state index contributed by atoms with van der Waals surface area (Å²) in [6.45, 7) is 1.33. The second-order valence-electron chi connectivity index (χ2n) is 8.99. The van der Waals surface area contributed by atoms with Gasteiger partial charge in [0.05, 0.1) is 24.9 Å². The van der Waals surface area contributed by atoms with Crippen LogP contribution in [0, 0.1) is 0 Å². The summed E-state index contributed by atoms with van der Waals surface area (Å²) >= 11 is 0. The second kappa shape index (κ2) is 10.3. The topological polar surface area (TPSA) is 107 Å². The van der Waals surface area contributed by atoms with Crippen molar-refractivity contribution in [3.8, 4) is 22.8 Å². The van der Waals surface area contributed by atoms with E-state index in [1.807, 2.05) is 18.0 Å². The maximum atomic E-state index is 13.1. The fourth-order valence-electron chi connectivity index (χ4n) is 4.24. The molecule has 0 bridgehead atoms. The van der Waals surface area contributed by atoms with E-state index < -0.39 is 11.9 Å². The number of ether oxygens (including phenoxy) is 1. The molecule has 4 heterocycles. The van der Waals surface area contributed by atoms with Crippen LogP contribution in [0.15, 0.2) is 59.8 Å². The first kappa shape index (κ1) is 26.1. The predicted octanol–water partition coefficient (Wildman–Crippen LogP) is 3.73. The molecule has 0 aliphatic heterocycles. The Morgan fingerprint density at radius 3 is 2.56 bits per heavy atom. The number of imidazole rings is 2. The number of fused-ring (bicyclic) bond motifs is 1. The minimum absolute atomic E-state index is 0.192. The largest absolute Gasteiger partial charge is 0.434 e. The van der Waals surface area contributed by atoms with Gasteiger partial charge in [-0.1, -0.05) is 24.3 Å². The number of nitrogens with one attached hydrogen (secondary N) is 1. The van der Waals surface area contributed by atoms with Gasteiger partial charge in [0, 0.05) is 45.7 Å². The van der Waals surface area contributed by atoms with E-state index in [0.717, 1.165) is 11.8 Å². The lowest BCUT2D eigenvalue weighted by Gasteiger charge is -2.20. The number of hydrogen-bond donors (Lipinski definition) is 1. The number of aryl methyl sites for hydroxylation is 1. The molecule has 0 aliphatic rings. The first-order chi connectivity index (χ1) is 18.7. The van der Waals surface area contributed by atoms with Crippen molar-refractivity contribution in [2.24, 2.45) is 7.05 Å². The van der Waals surface area contributed by atoms with Gasteiger partial charge in [-0.25, -0.2) is 24.7 Å². The summed E-state index contributed by atoms with van der Waals surface area (Å²) in [5.74, 6) is 1.28. The van der Waals surface area contributed by atoms with Crippen molar-refractivity contribution in [3.05, 3.63) is 76.7 Å². The van der Waals surface area contributed by atoms with Crippen molar-refractivity contribution in [3.63, 3.8) is 0 Å². The number of methoxy groups -OCH3 is 1. The highest BCUT2D eigenvalue weighted by Crippen LogP contribution is 2.31. The minimum Gasteiger partial charge on any atom is -0.383 e. The summed E-state index contributed by atoms with van der Waals surface area (Å²) < 4.78 is 47.2. The molecule has 0 saturated carbocycles. The molecule has 0 amide bonds. The molecule has 0 atom stereocenters. The van der Waals surface area contributed by atoms with Crippen molar-refractivity contribution in [2.75, 3.05) is 32.2 Å². The fourth-order valence-corrected chi connectivity index (χ4v) is 4.24. The van der Waals surface area contributed by atoms with Crippen LogP contribution in [0.5, 0.6) is 0 Å². The Bertz CT molecular complexity index is 1670. The second-order valence-corrected chi connectivity index (χ2v) is 8.99. The van der Waals surface area contributed by atoms with Crippen LogP contribution in [0.4, 0.5) is 19.0 Å². The quantitative estimate of drug-likeness (QED) is 0.321. The zero-order valence-electron chi connectivity index (χ0n) is 21.4. The van der Waals surface area contributed by atoms with Gasteiger partial charge in [0.15, 0.2) is 17.2 Å². The number of benzene rings is 1. The van der Waals surface area contributed by atoms with E-state index in [1.165, 1.54) is 16.2 Å². The van der Waals surface area contributed by atoms with E-state index in [-0.39, 0.29) is 18.1 Å². The number of halogens is 3. The van der Waals surface area contributed by atoms with Gasteiger partial charge < -0.3 is 19.2 Å². The number of H-pyrrole nitrogens is 1. The van der Waals surface area contributed by atoms with Crippen molar-refractivity contribution in [2.45, 2.75) is 12.7 Å². The first-order valence-electron chi connectivity index (χ1n) is 12.0. The van der Waals surface area contributed by atoms with Gasteiger partial charge in [-0.3, -0.25) is 4.57 Å². The molecule has 10 nitrogen and oxygen atoms in total. The highest BCUT2D eigenvalue weighted by molar-refractivity contribution is 5.76. The molecule has 1 aromatic carbocycles. The third kappa shape index (κ3) is 5.25. The minimum atomic E-state index is -4.52. The van der Waals surface area contributed by atoms with Gasteiger partial charge >= 0.3 is 11.9 Å². The van der Waals surface area contributed by atoms with Crippen LogP contribution < -0.4 is 10.6 Å². The van der Waals surface area contributed by atoms with Gasteiger partial charge in [-0.2, -0.15) is 13.2 Å². The zero-order chi connectivity index (χ0) is 27.7. The lowest BCUT2D eigenvalue weighted by atomic mass is 10.1. The van der Waals surface area contributed by atoms with Crippen molar-refractivity contribution >= 4 is 17.0 Å². The highest BCUT2D eigenvalue weighted by atomic mass is 19.4. The van der Waals surface area contributed by atoms with Gasteiger partial charge in [0.25, 0.3) is 0 Å². The van der Waals surface area contributed by atoms with E-state index in [1.54, 1.807) is 49.8 Å². The zero-order valence-corrected chi connectivity index (χ0v) is 21.4. The summed E-state index contributed by atoms with van der Waals surface area (Å²) in [6.07, 6.45) is -0.326. The Hall–Kier alpha value is -4.52. The van der Waals surface area contributed by atoms with E-state index in [9.17, 15) is 18.0 Å². The molecule has 5 aromatic rings. The number of hydrogen-bond acceptors (Lipinski definition) is 7. The van der Waals surface area contributed by atoms with Crippen LogP contribution in [0.1, 0.15) is 11.3 Å². The Kier molecular flexibility index (Phi) is 6.91. The molecule has 13 heteroatoms. The summed E-state index contributed by atoms with van der Waals surface area (Å²) in [7, 11) is 5.04. The molecule has 5 rings (SSSR count). The van der Waals surface area contributed by atoms with E-state index >= 15 is 0 Å². The van der Waals surface area contributed by atoms with Crippen LogP contribution in [0.3, 0.4) is 0 Å². The summed E-state index contributed by atoms with van der Waals surface area (Å²) in [6, 6.07) is 10.5. The average Bonchev–Trinajstić information content (AvgIpc) is 3.47. The van der Waals surface area contributed by atoms with Crippen molar-refractivity contribution in [1.82, 2.24) is 34.1 Å². The van der Waals surface area contributed by atoms with Crippen LogP contribution in [-0.2, 0) is 24.5 Å². The molecule has 0 fully saturated rings. The molecular formula is C26H25F3N8O2. The number of aromatic amines is 1. The van der Waals surface area contributed by atoms with Crippen molar-refractivity contribution in [1.29, 1.82) is 0 Å². The third-order valence-corrected chi connectivity index (χ3v) is 6.25. The number of pyridine rings is 1. The highest BCUT2D eigenvalue weighted by Gasteiger charge is 2.34. The molecule has 0 spiro atoms. The predicted molar refractivity (Wildman–Crippen MR) is 139 cm³/mol. The molecule has 4 aromatic heterocycles. The molecule has 0 radical (unpaired) electrons. The fraction of sp³-hybridized carbons (Fsp3) is 0.269. The average molecular weight is 539 g/mol. The molecule has 0 saturated heterocycles. The number of alkyl halides is 3. The van der Waals surface area contributed by atoms with E-state index in [4.69, 9.17) is 9.72 Å². The lowest BCUT2D eigenvalue weighted by Crippen LogP contribution is -2.23. The van der Waals surface area contributed by atoms with Crippen molar-refractivity contribution < 1.29 is 17.9 Å². The van der Waals surface area contributed by atoms with Gasteiger partial charge in [0.2, 0.25) is 0 Å². The Morgan fingerprint density at radius 2 is 1.87 bits per heavy atom. The number of aromatic nitrogens is 7. The summed E-state index contributed by atoms with van der Waals surface area (Å²) in [5.41, 5.74) is 1.57. The van der Waals surface area contributed by atoms with Crippen LogP contribution in [0.25, 0.3) is 33.9 Å². The summed E-state index contributed by atoms with van der Waals surface area (Å²) in [5, 5.41) is 0. The monoisotopic (exact) mass is 538 g/mol. The first-order valence-corrected chi connectivity index (χ1v) is 12.0. The SMILES string of the molecule is COCCN(C)c1ncccc1-c1ncc2[nH]c(=O)n(Cc3ccc(-c4nc(C(F)(F)F)cn4C)cc3)c2n1. The number of anilines is 1. The van der Waals surface area contributed by atoms with E-state index in [0.29, 0.717) is 47.1 Å². The Morgan fingerprint density at radius 1 is 1.10 bits per heavy atom. The smallest absolute Gasteiger partial charge is 0.383 e. The Labute approximate surface area is 220 Å². The summed E-state index contributed by atoms with van der Waals surface area (Å²) in [4.78, 5) is 34.9.